The Kier molecular flexibility index (Phi) is 12.7. The van der Waals surface area contributed by atoms with Crippen molar-refractivity contribution in [3.63, 3.8) is 0 Å². The Bertz CT molecular complexity index is 1380. The quantitative estimate of drug-likeness (QED) is 0.229. The van der Waals surface area contributed by atoms with Crippen molar-refractivity contribution < 1.29 is 42.1 Å². The Morgan fingerprint density at radius 1 is 0.860 bits per heavy atom. The van der Waals surface area contributed by atoms with Crippen LogP contribution in [0.3, 0.4) is 0 Å². The molecule has 43 heavy (non-hydrogen) atoms. The fourth-order valence-corrected chi connectivity index (χ4v) is 4.18. The SMILES string of the molecule is COc1ccc(NC(=O)c2ccc(-c3cccc(C(C)=O)c3)cc2)cc1OCCN(C(C)C)C(C)C.O=C(O)C(F)(F)F. The van der Waals surface area contributed by atoms with Crippen LogP contribution in [0.1, 0.15) is 55.3 Å². The normalized spacial score (nSPS) is 11.2. The predicted octanol–water partition coefficient (Wildman–Crippen LogP) is 6.95. The molecule has 0 aliphatic heterocycles. The van der Waals surface area contributed by atoms with Crippen LogP contribution in [0.4, 0.5) is 18.9 Å². The van der Waals surface area contributed by atoms with E-state index in [0.717, 1.165) is 17.7 Å². The number of carbonyl (C=O) groups is 3. The van der Waals surface area contributed by atoms with Gasteiger partial charge in [-0.05, 0) is 76.1 Å². The second-order valence-corrected chi connectivity index (χ2v) is 10.1. The number of rotatable bonds is 11. The summed E-state index contributed by atoms with van der Waals surface area (Å²) >= 11 is 0. The summed E-state index contributed by atoms with van der Waals surface area (Å²) in [4.78, 5) is 35.8. The molecule has 11 heteroatoms. The Morgan fingerprint density at radius 3 is 1.98 bits per heavy atom. The summed E-state index contributed by atoms with van der Waals surface area (Å²) in [5, 5.41) is 10.1. The zero-order valence-electron chi connectivity index (χ0n) is 25.0. The number of benzene rings is 3. The summed E-state index contributed by atoms with van der Waals surface area (Å²) in [6.45, 7) is 11.5. The molecule has 3 aromatic carbocycles. The molecular weight excluding hydrogens is 565 g/mol. The third kappa shape index (κ3) is 10.8. The molecule has 0 bridgehead atoms. The molecule has 0 radical (unpaired) electrons. The van der Waals surface area contributed by atoms with Gasteiger partial charge in [-0.2, -0.15) is 13.2 Å². The van der Waals surface area contributed by atoms with Gasteiger partial charge >= 0.3 is 12.1 Å². The minimum Gasteiger partial charge on any atom is -0.493 e. The number of nitrogens with one attached hydrogen (secondary N) is 1. The first kappa shape index (κ1) is 34.8. The first-order chi connectivity index (χ1) is 20.1. The highest BCUT2D eigenvalue weighted by Gasteiger charge is 2.38. The Hall–Kier alpha value is -4.38. The maximum absolute atomic E-state index is 12.9. The van der Waals surface area contributed by atoms with Crippen LogP contribution in [0.2, 0.25) is 0 Å². The van der Waals surface area contributed by atoms with E-state index in [1.807, 2.05) is 30.3 Å². The van der Waals surface area contributed by atoms with Crippen molar-refractivity contribution in [1.29, 1.82) is 0 Å². The number of aliphatic carboxylic acids is 1. The van der Waals surface area contributed by atoms with Gasteiger partial charge in [0.15, 0.2) is 17.3 Å². The lowest BCUT2D eigenvalue weighted by Crippen LogP contribution is -2.39. The van der Waals surface area contributed by atoms with E-state index in [2.05, 4.69) is 37.9 Å². The van der Waals surface area contributed by atoms with Crippen LogP contribution in [-0.4, -0.2) is 66.2 Å². The number of carboxylic acids is 1. The van der Waals surface area contributed by atoms with Crippen molar-refractivity contribution >= 4 is 23.3 Å². The van der Waals surface area contributed by atoms with Gasteiger partial charge in [-0.25, -0.2) is 4.79 Å². The molecule has 0 aliphatic carbocycles. The fourth-order valence-electron chi connectivity index (χ4n) is 4.18. The molecule has 0 atom stereocenters. The number of halogens is 3. The van der Waals surface area contributed by atoms with Gasteiger partial charge in [0.05, 0.1) is 7.11 Å². The van der Waals surface area contributed by atoms with Gasteiger partial charge in [-0.3, -0.25) is 14.5 Å². The van der Waals surface area contributed by atoms with Crippen molar-refractivity contribution in [2.75, 3.05) is 25.6 Å². The highest BCUT2D eigenvalue weighted by molar-refractivity contribution is 6.04. The zero-order valence-corrected chi connectivity index (χ0v) is 25.0. The molecule has 0 aliphatic rings. The second kappa shape index (κ2) is 15.7. The molecule has 0 aromatic heterocycles. The highest BCUT2D eigenvalue weighted by Crippen LogP contribution is 2.31. The molecule has 1 amide bonds. The topological polar surface area (TPSA) is 105 Å². The predicted molar refractivity (Wildman–Crippen MR) is 159 cm³/mol. The van der Waals surface area contributed by atoms with E-state index in [-0.39, 0.29) is 11.7 Å². The van der Waals surface area contributed by atoms with Gasteiger partial charge in [0.25, 0.3) is 5.91 Å². The number of ketones is 1. The summed E-state index contributed by atoms with van der Waals surface area (Å²) in [7, 11) is 1.60. The summed E-state index contributed by atoms with van der Waals surface area (Å²) in [5.74, 6) is -1.75. The van der Waals surface area contributed by atoms with E-state index < -0.39 is 12.1 Å². The lowest BCUT2D eigenvalue weighted by Gasteiger charge is -2.30. The Morgan fingerprint density at radius 2 is 1.47 bits per heavy atom. The molecule has 0 saturated carbocycles. The summed E-state index contributed by atoms with van der Waals surface area (Å²) in [5.41, 5.74) is 3.68. The molecule has 0 fully saturated rings. The molecule has 3 aromatic rings. The average Bonchev–Trinajstić information content (AvgIpc) is 2.95. The number of hydrogen-bond donors (Lipinski definition) is 2. The molecule has 0 unspecified atom stereocenters. The molecule has 0 saturated heterocycles. The molecule has 232 valence electrons. The Balaban J connectivity index is 0.000000821. The highest BCUT2D eigenvalue weighted by atomic mass is 19.4. The lowest BCUT2D eigenvalue weighted by atomic mass is 10.0. The van der Waals surface area contributed by atoms with Crippen molar-refractivity contribution in [1.82, 2.24) is 4.90 Å². The maximum Gasteiger partial charge on any atom is 0.490 e. The number of carboxylic acid groups (broad SMARTS) is 1. The van der Waals surface area contributed by atoms with Gasteiger partial charge in [-0.1, -0.05) is 30.3 Å². The monoisotopic (exact) mass is 602 g/mol. The van der Waals surface area contributed by atoms with E-state index in [4.69, 9.17) is 19.4 Å². The van der Waals surface area contributed by atoms with Crippen LogP contribution in [0, 0.1) is 0 Å². The van der Waals surface area contributed by atoms with Crippen molar-refractivity contribution in [3.8, 4) is 22.6 Å². The summed E-state index contributed by atoms with van der Waals surface area (Å²) in [6.07, 6.45) is -5.08. The van der Waals surface area contributed by atoms with Gasteiger partial charge in [0.2, 0.25) is 0 Å². The number of ether oxygens (including phenoxy) is 2. The third-order valence-corrected chi connectivity index (χ3v) is 6.35. The summed E-state index contributed by atoms with van der Waals surface area (Å²) < 4.78 is 43.2. The first-order valence-electron chi connectivity index (χ1n) is 13.5. The Labute approximate surface area is 249 Å². The van der Waals surface area contributed by atoms with Crippen LogP contribution < -0.4 is 14.8 Å². The van der Waals surface area contributed by atoms with Gasteiger partial charge in [0, 0.05) is 41.5 Å². The van der Waals surface area contributed by atoms with Crippen molar-refractivity contribution in [2.24, 2.45) is 0 Å². The molecule has 0 spiro atoms. The number of amides is 1. The number of carbonyl (C=O) groups excluding carboxylic acids is 2. The third-order valence-electron chi connectivity index (χ3n) is 6.35. The van der Waals surface area contributed by atoms with Gasteiger partial charge in [0.1, 0.15) is 6.61 Å². The maximum atomic E-state index is 12.9. The van der Waals surface area contributed by atoms with E-state index in [1.165, 1.54) is 0 Å². The van der Waals surface area contributed by atoms with Crippen LogP contribution in [0.15, 0.2) is 66.7 Å². The summed E-state index contributed by atoms with van der Waals surface area (Å²) in [6, 6.07) is 21.0. The first-order valence-corrected chi connectivity index (χ1v) is 13.5. The number of nitrogens with zero attached hydrogens (tertiary/aromatic N) is 1. The van der Waals surface area contributed by atoms with E-state index in [9.17, 15) is 22.8 Å². The van der Waals surface area contributed by atoms with Crippen molar-refractivity contribution in [3.05, 3.63) is 77.9 Å². The second-order valence-electron chi connectivity index (χ2n) is 10.1. The number of Topliss-reactive ketones (excluding diaryl/α,β-unsaturated/α-hetero) is 1. The van der Waals surface area contributed by atoms with Crippen LogP contribution in [0.25, 0.3) is 11.1 Å². The number of alkyl halides is 3. The van der Waals surface area contributed by atoms with E-state index in [1.54, 1.807) is 50.4 Å². The molecule has 3 rings (SSSR count). The fraction of sp³-hybridized carbons (Fsp3) is 0.344. The van der Waals surface area contributed by atoms with Crippen LogP contribution in [-0.2, 0) is 4.79 Å². The zero-order chi connectivity index (χ0) is 32.3. The molecule has 8 nitrogen and oxygen atoms in total. The number of hydrogen-bond acceptors (Lipinski definition) is 6. The van der Waals surface area contributed by atoms with Crippen LogP contribution >= 0.6 is 0 Å². The smallest absolute Gasteiger partial charge is 0.490 e. The van der Waals surface area contributed by atoms with Crippen LogP contribution in [0.5, 0.6) is 11.5 Å². The lowest BCUT2D eigenvalue weighted by molar-refractivity contribution is -0.192. The van der Waals surface area contributed by atoms with Gasteiger partial charge in [-0.15, -0.1) is 0 Å². The number of anilines is 1. The largest absolute Gasteiger partial charge is 0.493 e. The van der Waals surface area contributed by atoms with Gasteiger partial charge < -0.3 is 19.9 Å². The average molecular weight is 603 g/mol. The minimum absolute atomic E-state index is 0.0212. The molecule has 0 heterocycles. The van der Waals surface area contributed by atoms with Crippen molar-refractivity contribution in [2.45, 2.75) is 52.9 Å². The minimum atomic E-state index is -5.08. The molecule has 2 N–H and O–H groups in total. The standard InChI is InChI=1S/C30H36N2O4.C2HF3O2/c1-20(2)32(21(3)4)16-17-36-29-19-27(14-15-28(29)35-6)31-30(34)24-12-10-23(11-13-24)26-9-7-8-25(18-26)22(5)33;3-2(4,5)1(6)7/h7-15,18-21H,16-17H2,1-6H3,(H,31,34);(H,6,7). The molecular formula is C32H37F3N2O6. The number of methoxy groups -OCH3 is 1. The van der Waals surface area contributed by atoms with E-state index >= 15 is 0 Å². The van der Waals surface area contributed by atoms with E-state index in [0.29, 0.717) is 47.0 Å².